The summed E-state index contributed by atoms with van der Waals surface area (Å²) in [6, 6.07) is 15.3. The summed E-state index contributed by atoms with van der Waals surface area (Å²) >= 11 is 6.36. The topological polar surface area (TPSA) is 86.8 Å². The van der Waals surface area contributed by atoms with Crippen molar-refractivity contribution < 1.29 is 18.0 Å². The Kier molecular flexibility index (Phi) is 10.2. The summed E-state index contributed by atoms with van der Waals surface area (Å²) in [4.78, 5) is 28.1. The Morgan fingerprint density at radius 1 is 1.03 bits per heavy atom. The molecule has 2 amide bonds. The number of hydrogen-bond donors (Lipinski definition) is 1. The third-order valence-corrected chi connectivity index (χ3v) is 6.94. The molecule has 192 valence electrons. The maximum absolute atomic E-state index is 13.4. The lowest BCUT2D eigenvalue weighted by Crippen LogP contribution is -2.53. The van der Waals surface area contributed by atoms with Gasteiger partial charge in [-0.25, -0.2) is 8.42 Å². The van der Waals surface area contributed by atoms with Crippen LogP contribution in [0.5, 0.6) is 0 Å². The number of anilines is 1. The van der Waals surface area contributed by atoms with Gasteiger partial charge in [-0.15, -0.1) is 0 Å². The monoisotopic (exact) mass is 521 g/mol. The van der Waals surface area contributed by atoms with Gasteiger partial charge in [0, 0.05) is 30.1 Å². The zero-order valence-corrected chi connectivity index (χ0v) is 22.7. The normalized spacial score (nSPS) is 12.6. The highest BCUT2D eigenvalue weighted by molar-refractivity contribution is 7.92. The maximum atomic E-state index is 13.4. The van der Waals surface area contributed by atoms with Crippen molar-refractivity contribution in [2.45, 2.75) is 65.1 Å². The number of halogens is 1. The molecule has 0 bridgehead atoms. The predicted molar refractivity (Wildman–Crippen MR) is 142 cm³/mol. The van der Waals surface area contributed by atoms with E-state index in [1.165, 1.54) is 4.31 Å². The number of nitrogens with one attached hydrogen (secondary N) is 1. The van der Waals surface area contributed by atoms with Gasteiger partial charge in [-0.2, -0.15) is 0 Å². The van der Waals surface area contributed by atoms with Gasteiger partial charge in [0.2, 0.25) is 21.8 Å². The first kappa shape index (κ1) is 28.7. The van der Waals surface area contributed by atoms with Crippen molar-refractivity contribution in [1.29, 1.82) is 0 Å². The molecule has 7 nitrogen and oxygen atoms in total. The van der Waals surface area contributed by atoms with E-state index in [1.54, 1.807) is 35.2 Å². The summed E-state index contributed by atoms with van der Waals surface area (Å²) < 4.78 is 26.0. The molecular formula is C26H36ClN3O4S. The molecule has 0 aliphatic carbocycles. The molecule has 1 atom stereocenters. The van der Waals surface area contributed by atoms with E-state index in [0.717, 1.165) is 11.8 Å². The van der Waals surface area contributed by atoms with Crippen molar-refractivity contribution in [3.63, 3.8) is 0 Å². The highest BCUT2D eigenvalue weighted by atomic mass is 35.5. The third-order valence-electron chi connectivity index (χ3n) is 5.38. The van der Waals surface area contributed by atoms with Crippen molar-refractivity contribution in [2.24, 2.45) is 0 Å². The molecule has 0 saturated heterocycles. The van der Waals surface area contributed by atoms with Gasteiger partial charge < -0.3 is 10.2 Å². The van der Waals surface area contributed by atoms with Crippen LogP contribution in [0.4, 0.5) is 5.69 Å². The van der Waals surface area contributed by atoms with Crippen LogP contribution < -0.4 is 9.62 Å². The largest absolute Gasteiger partial charge is 0.350 e. The molecular weight excluding hydrogens is 486 g/mol. The van der Waals surface area contributed by atoms with E-state index in [4.69, 9.17) is 11.6 Å². The molecule has 0 fully saturated rings. The highest BCUT2D eigenvalue weighted by Gasteiger charge is 2.31. The molecule has 0 aliphatic heterocycles. The molecule has 0 spiro atoms. The first-order valence-corrected chi connectivity index (χ1v) is 13.9. The standard InChI is InChI=1S/C26H36ClN3O4S/c1-6-23(25(32)28-26(2,3)4)29(19-20-13-10-11-16-22(20)27)24(31)17-12-18-30(35(5,33)34)21-14-8-7-9-15-21/h7-11,13-16,23H,6,12,17-19H2,1-5H3,(H,28,32)/t23-/m1/s1. The summed E-state index contributed by atoms with van der Waals surface area (Å²) in [7, 11) is -3.52. The molecule has 35 heavy (non-hydrogen) atoms. The molecule has 0 saturated carbocycles. The average molecular weight is 522 g/mol. The van der Waals surface area contributed by atoms with Gasteiger partial charge in [-0.3, -0.25) is 13.9 Å². The molecule has 0 radical (unpaired) electrons. The smallest absolute Gasteiger partial charge is 0.243 e. The van der Waals surface area contributed by atoms with E-state index in [9.17, 15) is 18.0 Å². The van der Waals surface area contributed by atoms with Gasteiger partial charge in [-0.05, 0) is 57.4 Å². The van der Waals surface area contributed by atoms with Crippen LogP contribution in [0.15, 0.2) is 54.6 Å². The fourth-order valence-corrected chi connectivity index (χ4v) is 4.94. The second-order valence-corrected chi connectivity index (χ2v) is 11.9. The lowest BCUT2D eigenvalue weighted by atomic mass is 10.0. The van der Waals surface area contributed by atoms with Crippen LogP contribution in [-0.2, 0) is 26.2 Å². The van der Waals surface area contributed by atoms with Crippen LogP contribution in [0, 0.1) is 0 Å². The van der Waals surface area contributed by atoms with Gasteiger partial charge in [0.15, 0.2) is 0 Å². The molecule has 0 aromatic heterocycles. The van der Waals surface area contributed by atoms with Gasteiger partial charge in [0.25, 0.3) is 0 Å². The zero-order valence-electron chi connectivity index (χ0n) is 21.1. The Morgan fingerprint density at radius 2 is 1.63 bits per heavy atom. The third kappa shape index (κ3) is 8.85. The summed E-state index contributed by atoms with van der Waals surface area (Å²) in [6.07, 6.45) is 1.97. The lowest BCUT2D eigenvalue weighted by molar-refractivity contribution is -0.142. The van der Waals surface area contributed by atoms with E-state index >= 15 is 0 Å². The first-order valence-electron chi connectivity index (χ1n) is 11.7. The molecule has 2 rings (SSSR count). The second kappa shape index (κ2) is 12.4. The second-order valence-electron chi connectivity index (χ2n) is 9.55. The van der Waals surface area contributed by atoms with E-state index in [1.807, 2.05) is 52.0 Å². The van der Waals surface area contributed by atoms with Crippen LogP contribution >= 0.6 is 11.6 Å². The number of amides is 2. The van der Waals surface area contributed by atoms with Crippen molar-refractivity contribution in [3.05, 3.63) is 65.2 Å². The fraction of sp³-hybridized carbons (Fsp3) is 0.462. The minimum Gasteiger partial charge on any atom is -0.350 e. The molecule has 9 heteroatoms. The molecule has 1 N–H and O–H groups in total. The Morgan fingerprint density at radius 3 is 2.17 bits per heavy atom. The molecule has 2 aromatic rings. The van der Waals surface area contributed by atoms with Crippen LogP contribution in [0.2, 0.25) is 5.02 Å². The number of carbonyl (C=O) groups excluding carboxylic acids is 2. The van der Waals surface area contributed by atoms with Crippen molar-refractivity contribution in [3.8, 4) is 0 Å². The fourth-order valence-electron chi connectivity index (χ4n) is 3.78. The zero-order chi connectivity index (χ0) is 26.2. The Balaban J connectivity index is 2.24. The molecule has 2 aromatic carbocycles. The number of para-hydroxylation sites is 1. The van der Waals surface area contributed by atoms with Crippen LogP contribution in [0.25, 0.3) is 0 Å². The number of hydrogen-bond acceptors (Lipinski definition) is 4. The average Bonchev–Trinajstić information content (AvgIpc) is 2.76. The number of rotatable bonds is 11. The van der Waals surface area contributed by atoms with Gasteiger partial charge >= 0.3 is 0 Å². The summed E-state index contributed by atoms with van der Waals surface area (Å²) in [6.45, 7) is 7.87. The summed E-state index contributed by atoms with van der Waals surface area (Å²) in [5.74, 6) is -0.468. The molecule has 0 unspecified atom stereocenters. The van der Waals surface area contributed by atoms with Gasteiger partial charge in [0.05, 0.1) is 11.9 Å². The van der Waals surface area contributed by atoms with Crippen molar-refractivity contribution >= 4 is 39.1 Å². The van der Waals surface area contributed by atoms with E-state index < -0.39 is 21.6 Å². The lowest BCUT2D eigenvalue weighted by Gasteiger charge is -2.33. The van der Waals surface area contributed by atoms with Crippen LogP contribution in [0.3, 0.4) is 0 Å². The minimum absolute atomic E-state index is 0.0859. The highest BCUT2D eigenvalue weighted by Crippen LogP contribution is 2.22. The van der Waals surface area contributed by atoms with Crippen molar-refractivity contribution in [1.82, 2.24) is 10.2 Å². The Bertz CT molecular complexity index is 1100. The molecule has 0 aliphatic rings. The Hall–Kier alpha value is -2.58. The number of carbonyl (C=O) groups is 2. The van der Waals surface area contributed by atoms with Crippen LogP contribution in [-0.4, -0.2) is 49.5 Å². The summed E-state index contributed by atoms with van der Waals surface area (Å²) in [5.41, 5.74) is 0.841. The number of benzene rings is 2. The SMILES string of the molecule is CC[C@H](C(=O)NC(C)(C)C)N(Cc1ccccc1Cl)C(=O)CCCN(c1ccccc1)S(C)(=O)=O. The quantitative estimate of drug-likeness (QED) is 0.468. The Labute approximate surface area is 214 Å². The van der Waals surface area contributed by atoms with Crippen molar-refractivity contribution in [2.75, 3.05) is 17.1 Å². The summed E-state index contributed by atoms with van der Waals surface area (Å²) in [5, 5.41) is 3.49. The van der Waals surface area contributed by atoms with E-state index in [2.05, 4.69) is 5.32 Å². The van der Waals surface area contributed by atoms with Gasteiger partial charge in [-0.1, -0.05) is 54.9 Å². The predicted octanol–water partition coefficient (Wildman–Crippen LogP) is 4.61. The molecule has 0 heterocycles. The van der Waals surface area contributed by atoms with E-state index in [0.29, 0.717) is 23.6 Å². The number of sulfonamides is 1. The minimum atomic E-state index is -3.52. The first-order chi connectivity index (χ1) is 16.3. The number of nitrogens with zero attached hydrogens (tertiary/aromatic N) is 2. The maximum Gasteiger partial charge on any atom is 0.243 e. The van der Waals surface area contributed by atoms with Crippen LogP contribution in [0.1, 0.15) is 52.5 Å². The van der Waals surface area contributed by atoms with Gasteiger partial charge in [0.1, 0.15) is 6.04 Å². The van der Waals surface area contributed by atoms with E-state index in [-0.39, 0.29) is 31.3 Å².